The highest BCUT2D eigenvalue weighted by atomic mass is 35.5. The number of methoxy groups -OCH3 is 1. The zero-order chi connectivity index (χ0) is 46.2. The molecule has 4 aromatic carbocycles. The number of ether oxygens (including phenoxy) is 2. The molecular formula is C51H64ClN7O6. The Bertz CT molecular complexity index is 2490. The van der Waals surface area contributed by atoms with Crippen LogP contribution in [0.1, 0.15) is 81.5 Å². The van der Waals surface area contributed by atoms with Crippen LogP contribution in [-0.4, -0.2) is 96.2 Å². The molecule has 1 unspecified atom stereocenters. The largest absolute Gasteiger partial charge is 0.493 e. The third-order valence-electron chi connectivity index (χ3n) is 12.8. The van der Waals surface area contributed by atoms with Gasteiger partial charge in [-0.2, -0.15) is 0 Å². The lowest BCUT2D eigenvalue weighted by atomic mass is 9.94. The Kier molecular flexibility index (Phi) is 15.7. The van der Waals surface area contributed by atoms with Crippen LogP contribution in [-0.2, 0) is 40.9 Å². The van der Waals surface area contributed by atoms with E-state index in [4.69, 9.17) is 21.1 Å². The maximum Gasteiger partial charge on any atom is 0.329 e. The summed E-state index contributed by atoms with van der Waals surface area (Å²) < 4.78 is 14.5. The summed E-state index contributed by atoms with van der Waals surface area (Å²) >= 11 is 5.54. The number of piperidine rings is 1. The monoisotopic (exact) mass is 905 g/mol. The normalized spacial score (nSPS) is 18.3. The van der Waals surface area contributed by atoms with Crippen molar-refractivity contribution in [1.29, 1.82) is 0 Å². The molecule has 13 nitrogen and oxygen atoms in total. The van der Waals surface area contributed by atoms with Crippen LogP contribution in [0.25, 0.3) is 11.0 Å². The Morgan fingerprint density at radius 3 is 2.11 bits per heavy atom. The van der Waals surface area contributed by atoms with Gasteiger partial charge in [-0.15, -0.1) is 0 Å². The number of imidazole rings is 1. The van der Waals surface area contributed by atoms with Crippen molar-refractivity contribution in [2.24, 2.45) is 7.05 Å². The summed E-state index contributed by atoms with van der Waals surface area (Å²) in [5.41, 5.74) is 6.66. The fraction of sp³-hybridized carbons (Fsp3) is 0.451. The number of aromatic nitrogens is 2. The third-order valence-corrected chi connectivity index (χ3v) is 13.1. The van der Waals surface area contributed by atoms with Crippen molar-refractivity contribution in [2.45, 2.75) is 96.5 Å². The number of piperazine rings is 1. The van der Waals surface area contributed by atoms with Crippen molar-refractivity contribution in [3.8, 4) is 11.5 Å². The molecule has 1 N–H and O–H groups in total. The fourth-order valence-corrected chi connectivity index (χ4v) is 9.43. The van der Waals surface area contributed by atoms with Crippen LogP contribution in [0.3, 0.4) is 0 Å². The molecule has 3 amide bonds. The smallest absolute Gasteiger partial charge is 0.329 e. The SMILES string of the molecule is COc1cc2c(cc1OC(C)C)CN(c1ccc(N(C)C)cc1)C(=O)C2.Clc1ccccc1.Cn1c(=O)n(C2CCC(=O)NC2=O)c2ccc(CN3CCN(C4CCCCC4)CC3)cc21. The number of nitrogens with one attached hydrogen (secondary N) is 1. The highest BCUT2D eigenvalue weighted by molar-refractivity contribution is 6.30. The van der Waals surface area contributed by atoms with E-state index in [0.717, 1.165) is 83.1 Å². The van der Waals surface area contributed by atoms with Gasteiger partial charge in [-0.05, 0) is 110 Å². The Labute approximate surface area is 387 Å². The van der Waals surface area contributed by atoms with Crippen LogP contribution in [0, 0.1) is 0 Å². The molecular weight excluding hydrogens is 842 g/mol. The van der Waals surface area contributed by atoms with Gasteiger partial charge in [0.1, 0.15) is 6.04 Å². The van der Waals surface area contributed by atoms with Gasteiger partial charge in [0.15, 0.2) is 11.5 Å². The van der Waals surface area contributed by atoms with Gasteiger partial charge in [0, 0.05) is 82.7 Å². The lowest BCUT2D eigenvalue weighted by Crippen LogP contribution is -2.50. The Hall–Kier alpha value is -5.63. The first-order valence-corrected chi connectivity index (χ1v) is 23.3. The van der Waals surface area contributed by atoms with E-state index in [-0.39, 0.29) is 30.0 Å². The number of hydrogen-bond donors (Lipinski definition) is 1. The summed E-state index contributed by atoms with van der Waals surface area (Å²) in [6.07, 6.45) is 7.90. The molecule has 4 aliphatic rings. The van der Waals surface area contributed by atoms with E-state index in [1.165, 1.54) is 37.7 Å². The number of carbonyl (C=O) groups excluding carboxylic acids is 3. The number of rotatable bonds is 9. The molecule has 1 saturated carbocycles. The lowest BCUT2D eigenvalue weighted by Gasteiger charge is -2.40. The van der Waals surface area contributed by atoms with Crippen molar-refractivity contribution in [3.63, 3.8) is 0 Å². The van der Waals surface area contributed by atoms with Gasteiger partial charge in [-0.25, -0.2) is 4.79 Å². The maximum atomic E-state index is 12.9. The third kappa shape index (κ3) is 11.6. The second-order valence-electron chi connectivity index (χ2n) is 17.9. The second-order valence-corrected chi connectivity index (χ2v) is 18.3. The molecule has 2 saturated heterocycles. The predicted molar refractivity (Wildman–Crippen MR) is 258 cm³/mol. The summed E-state index contributed by atoms with van der Waals surface area (Å²) in [5.74, 6) is 0.823. The molecule has 14 heteroatoms. The average Bonchev–Trinajstić information content (AvgIpc) is 3.54. The molecule has 346 valence electrons. The van der Waals surface area contributed by atoms with Gasteiger partial charge in [0.25, 0.3) is 0 Å². The maximum absolute atomic E-state index is 12.9. The van der Waals surface area contributed by atoms with E-state index in [1.807, 2.05) is 111 Å². The van der Waals surface area contributed by atoms with Gasteiger partial charge in [0.2, 0.25) is 17.7 Å². The molecule has 1 aliphatic carbocycles. The number of benzene rings is 4. The highest BCUT2D eigenvalue weighted by Gasteiger charge is 2.32. The molecule has 9 rings (SSSR count). The number of imide groups is 1. The minimum atomic E-state index is -0.636. The van der Waals surface area contributed by atoms with Gasteiger partial charge >= 0.3 is 5.69 Å². The predicted octanol–water partition coefficient (Wildman–Crippen LogP) is 7.75. The highest BCUT2D eigenvalue weighted by Crippen LogP contribution is 2.36. The molecule has 5 aromatic rings. The number of carbonyl (C=O) groups is 3. The zero-order valence-corrected chi connectivity index (χ0v) is 39.5. The summed E-state index contributed by atoms with van der Waals surface area (Å²) in [4.78, 5) is 58.6. The van der Waals surface area contributed by atoms with E-state index < -0.39 is 11.9 Å². The molecule has 1 atom stereocenters. The Morgan fingerprint density at radius 2 is 1.49 bits per heavy atom. The van der Waals surface area contributed by atoms with Crippen LogP contribution in [0.4, 0.5) is 11.4 Å². The van der Waals surface area contributed by atoms with E-state index in [0.29, 0.717) is 25.1 Å². The van der Waals surface area contributed by atoms with Gasteiger partial charge in [-0.1, -0.05) is 55.1 Å². The molecule has 0 bridgehead atoms. The first kappa shape index (κ1) is 47.3. The number of anilines is 2. The number of aryl methyl sites for hydroxylation is 1. The minimum Gasteiger partial charge on any atom is -0.493 e. The van der Waals surface area contributed by atoms with Crippen molar-refractivity contribution < 1.29 is 23.9 Å². The van der Waals surface area contributed by atoms with Gasteiger partial charge in [0.05, 0.1) is 37.2 Å². The fourth-order valence-electron chi connectivity index (χ4n) is 9.29. The van der Waals surface area contributed by atoms with E-state index in [1.54, 1.807) is 23.3 Å². The summed E-state index contributed by atoms with van der Waals surface area (Å²) in [5, 5.41) is 3.16. The topological polar surface area (TPSA) is 122 Å². The molecule has 0 radical (unpaired) electrons. The quantitative estimate of drug-likeness (QED) is 0.148. The van der Waals surface area contributed by atoms with Crippen LogP contribution in [0.2, 0.25) is 5.02 Å². The summed E-state index contributed by atoms with van der Waals surface area (Å²) in [6, 6.07) is 27.7. The summed E-state index contributed by atoms with van der Waals surface area (Å²) in [7, 11) is 7.37. The Balaban J connectivity index is 0.000000171. The lowest BCUT2D eigenvalue weighted by molar-refractivity contribution is -0.135. The molecule has 4 heterocycles. The number of halogens is 1. The van der Waals surface area contributed by atoms with E-state index >= 15 is 0 Å². The van der Waals surface area contributed by atoms with Crippen molar-refractivity contribution in [3.05, 3.63) is 117 Å². The van der Waals surface area contributed by atoms with Gasteiger partial charge < -0.3 is 19.3 Å². The van der Waals surface area contributed by atoms with Crippen LogP contribution in [0.15, 0.2) is 89.7 Å². The number of fused-ring (bicyclic) bond motifs is 2. The standard InChI is InChI=1S/C24H33N5O3.C21H26N2O3.C6H5Cl/c1-26-21-15-17(16-27-11-13-28(14-12-27)18-5-3-2-4-6-18)7-8-19(21)29(24(26)32)20-9-10-22(30)25-23(20)31;1-14(2)26-20-11-16-13-23(18-8-6-17(7-9-18)22(3)4)21(24)12-15(16)10-19(20)25-5;7-6-4-2-1-3-5-6/h7-8,15,18,20H,2-6,9-14,16H2,1H3,(H,25,30,31);6-11,14H,12-13H2,1-5H3;1-5H. The minimum absolute atomic E-state index is 0.0573. The van der Waals surface area contributed by atoms with Crippen molar-refractivity contribution in [1.82, 2.24) is 24.3 Å². The average molecular weight is 907 g/mol. The summed E-state index contributed by atoms with van der Waals surface area (Å²) in [6.45, 7) is 9.80. The molecule has 65 heavy (non-hydrogen) atoms. The number of nitrogens with zero attached hydrogens (tertiary/aromatic N) is 6. The molecule has 0 spiro atoms. The van der Waals surface area contributed by atoms with Crippen LogP contribution in [0.5, 0.6) is 11.5 Å². The van der Waals surface area contributed by atoms with E-state index in [9.17, 15) is 19.2 Å². The first-order valence-electron chi connectivity index (χ1n) is 22.9. The van der Waals surface area contributed by atoms with Crippen molar-refractivity contribution in [2.75, 3.05) is 57.2 Å². The van der Waals surface area contributed by atoms with Crippen molar-refractivity contribution >= 4 is 51.7 Å². The van der Waals surface area contributed by atoms with Crippen LogP contribution < -0.4 is 30.3 Å². The number of amides is 3. The molecule has 1 aromatic heterocycles. The molecule has 3 aliphatic heterocycles. The molecule has 3 fully saturated rings. The van der Waals surface area contributed by atoms with Gasteiger partial charge in [-0.3, -0.25) is 38.6 Å². The first-order chi connectivity index (χ1) is 31.3. The van der Waals surface area contributed by atoms with E-state index in [2.05, 4.69) is 27.2 Å². The number of hydrogen-bond acceptors (Lipinski definition) is 9. The zero-order valence-electron chi connectivity index (χ0n) is 38.7. The van der Waals surface area contributed by atoms with Crippen LogP contribution >= 0.6 is 11.6 Å². The second kappa shape index (κ2) is 21.6. The Morgan fingerprint density at radius 1 is 0.800 bits per heavy atom.